The first-order valence-electron chi connectivity index (χ1n) is 14.2. The van der Waals surface area contributed by atoms with Crippen molar-refractivity contribution >= 4 is 30.0 Å². The Labute approximate surface area is 239 Å². The summed E-state index contributed by atoms with van der Waals surface area (Å²) in [5, 5.41) is 16.0. The van der Waals surface area contributed by atoms with Crippen LogP contribution in [0.1, 0.15) is 71.1 Å². The SMILES string of the molecule is CC(C)OC(=O)O[C@]1(C(=O)S)CC[C@H]2[C@@H]3CCC4=Cc5c(cnn5-c5ccc(F)cc5)C[C@]4(C)[C@H]3[C@@H](O)C[C@@]21C. The molecule has 3 saturated carbocycles. The van der Waals surface area contributed by atoms with E-state index in [1.54, 1.807) is 26.0 Å². The molecule has 0 amide bonds. The van der Waals surface area contributed by atoms with Gasteiger partial charge in [-0.2, -0.15) is 5.10 Å². The average molecular weight is 569 g/mol. The molecular formula is C31H37FN2O5S. The molecule has 1 aromatic carbocycles. The maximum absolute atomic E-state index is 13.5. The van der Waals surface area contributed by atoms with Crippen LogP contribution in [-0.2, 0) is 20.7 Å². The van der Waals surface area contributed by atoms with E-state index in [1.165, 1.54) is 17.7 Å². The molecule has 1 heterocycles. The number of ether oxygens (including phenoxy) is 2. The van der Waals surface area contributed by atoms with Crippen LogP contribution in [0.5, 0.6) is 0 Å². The van der Waals surface area contributed by atoms with Crippen molar-refractivity contribution in [2.45, 2.75) is 84.0 Å². The van der Waals surface area contributed by atoms with Gasteiger partial charge in [0.1, 0.15) is 5.82 Å². The number of fused-ring (bicyclic) bond motifs is 6. The van der Waals surface area contributed by atoms with Crippen molar-refractivity contribution in [3.63, 3.8) is 0 Å². The molecule has 4 aliphatic carbocycles. The van der Waals surface area contributed by atoms with E-state index in [9.17, 15) is 19.1 Å². The van der Waals surface area contributed by atoms with Crippen LogP contribution in [0.25, 0.3) is 11.8 Å². The summed E-state index contributed by atoms with van der Waals surface area (Å²) in [6.45, 7) is 7.71. The molecule has 214 valence electrons. The fourth-order valence-corrected chi connectivity index (χ4v) is 9.29. The molecular weight excluding hydrogens is 531 g/mol. The maximum Gasteiger partial charge on any atom is 0.509 e. The fraction of sp³-hybridized carbons (Fsp3) is 0.581. The Morgan fingerprint density at radius 3 is 2.60 bits per heavy atom. The lowest BCUT2D eigenvalue weighted by atomic mass is 9.45. The van der Waals surface area contributed by atoms with Gasteiger partial charge in [-0.05, 0) is 111 Å². The molecule has 6 rings (SSSR count). The zero-order chi connectivity index (χ0) is 28.6. The van der Waals surface area contributed by atoms with Crippen LogP contribution in [0.3, 0.4) is 0 Å². The van der Waals surface area contributed by atoms with Crippen LogP contribution < -0.4 is 0 Å². The molecule has 0 spiro atoms. The highest BCUT2D eigenvalue weighted by atomic mass is 32.1. The zero-order valence-corrected chi connectivity index (χ0v) is 24.3. The quantitative estimate of drug-likeness (QED) is 0.352. The number of aliphatic hydroxyl groups excluding tert-OH is 1. The van der Waals surface area contributed by atoms with Crippen molar-refractivity contribution in [2.75, 3.05) is 0 Å². The maximum atomic E-state index is 13.5. The lowest BCUT2D eigenvalue weighted by molar-refractivity contribution is -0.179. The van der Waals surface area contributed by atoms with Gasteiger partial charge in [-0.1, -0.05) is 19.4 Å². The van der Waals surface area contributed by atoms with Crippen molar-refractivity contribution in [1.82, 2.24) is 9.78 Å². The predicted molar refractivity (Wildman–Crippen MR) is 150 cm³/mol. The number of halogens is 1. The van der Waals surface area contributed by atoms with Crippen LogP contribution in [0.15, 0.2) is 36.0 Å². The molecule has 4 aliphatic rings. The molecule has 0 aliphatic heterocycles. The van der Waals surface area contributed by atoms with Gasteiger partial charge in [-0.15, -0.1) is 12.6 Å². The Morgan fingerprint density at radius 2 is 1.93 bits per heavy atom. The minimum absolute atomic E-state index is 0.0127. The second-order valence-corrected chi connectivity index (χ2v) is 13.3. The van der Waals surface area contributed by atoms with Gasteiger partial charge in [0, 0.05) is 5.41 Å². The normalized spacial score (nSPS) is 36.1. The molecule has 0 bridgehead atoms. The zero-order valence-electron chi connectivity index (χ0n) is 23.4. The van der Waals surface area contributed by atoms with E-state index >= 15 is 0 Å². The molecule has 3 fully saturated rings. The Hall–Kier alpha value is -2.65. The second-order valence-electron chi connectivity index (χ2n) is 12.9. The number of hydrogen-bond donors (Lipinski definition) is 2. The van der Waals surface area contributed by atoms with E-state index in [1.807, 2.05) is 17.8 Å². The van der Waals surface area contributed by atoms with E-state index in [0.717, 1.165) is 36.2 Å². The topological polar surface area (TPSA) is 90.7 Å². The van der Waals surface area contributed by atoms with E-state index < -0.39 is 28.4 Å². The monoisotopic (exact) mass is 568 g/mol. The second kappa shape index (κ2) is 9.44. The molecule has 1 aromatic heterocycles. The number of hydrogen-bond acceptors (Lipinski definition) is 6. The highest BCUT2D eigenvalue weighted by Crippen LogP contribution is 2.68. The molecule has 40 heavy (non-hydrogen) atoms. The lowest BCUT2D eigenvalue weighted by Crippen LogP contribution is -2.62. The first-order valence-corrected chi connectivity index (χ1v) is 14.7. The number of nitrogens with zero attached hydrogens (tertiary/aromatic N) is 2. The lowest BCUT2D eigenvalue weighted by Gasteiger charge is -2.60. The third-order valence-corrected chi connectivity index (χ3v) is 10.9. The van der Waals surface area contributed by atoms with E-state index in [4.69, 9.17) is 9.47 Å². The minimum Gasteiger partial charge on any atom is -0.432 e. The number of carbonyl (C=O) groups excluding carboxylic acids is 2. The molecule has 2 aromatic rings. The molecule has 7 nitrogen and oxygen atoms in total. The molecule has 0 unspecified atom stereocenters. The smallest absolute Gasteiger partial charge is 0.432 e. The summed E-state index contributed by atoms with van der Waals surface area (Å²) in [6.07, 6.45) is 6.07. The first kappa shape index (κ1) is 27.5. The number of allylic oxidation sites excluding steroid dienone is 1. The third kappa shape index (κ3) is 3.91. The van der Waals surface area contributed by atoms with Gasteiger partial charge in [0.2, 0.25) is 5.12 Å². The standard InChI is InChI=1S/C31H37FN2O5S/c1-17(2)38-28(37)39-31(27(36)40)12-11-23-22-10-5-19-13-24-18(16-33-34(24)21-8-6-20(32)7-9-21)14-29(19,3)26(22)25(35)15-30(23,31)4/h6-9,13,16-17,22-23,25-26,35H,5,10-12,14-15H2,1-4H3,(H,36,40)/t22-,23-,25-,26+,29-,30-,31-/m0/s1. The Kier molecular flexibility index (Phi) is 6.50. The Morgan fingerprint density at radius 1 is 1.20 bits per heavy atom. The van der Waals surface area contributed by atoms with Gasteiger partial charge in [-0.3, -0.25) is 4.79 Å². The average Bonchev–Trinajstić information content (AvgIpc) is 3.40. The Bertz CT molecular complexity index is 1390. The van der Waals surface area contributed by atoms with Gasteiger partial charge in [0.15, 0.2) is 5.60 Å². The van der Waals surface area contributed by atoms with Crippen LogP contribution >= 0.6 is 12.6 Å². The van der Waals surface area contributed by atoms with E-state index in [-0.39, 0.29) is 35.1 Å². The summed E-state index contributed by atoms with van der Waals surface area (Å²) < 4.78 is 26.5. The largest absolute Gasteiger partial charge is 0.509 e. The van der Waals surface area contributed by atoms with Crippen molar-refractivity contribution in [3.05, 3.63) is 53.1 Å². The van der Waals surface area contributed by atoms with Gasteiger partial charge >= 0.3 is 6.16 Å². The number of aliphatic hydroxyl groups is 1. The minimum atomic E-state index is -1.44. The summed E-state index contributed by atoms with van der Waals surface area (Å²) in [5.74, 6) is -0.0548. The predicted octanol–water partition coefficient (Wildman–Crippen LogP) is 5.92. The summed E-state index contributed by atoms with van der Waals surface area (Å²) in [7, 11) is 0. The van der Waals surface area contributed by atoms with Crippen LogP contribution in [-0.4, -0.2) is 44.0 Å². The number of benzene rings is 1. The van der Waals surface area contributed by atoms with Crippen molar-refractivity contribution < 1.29 is 28.6 Å². The van der Waals surface area contributed by atoms with E-state index in [2.05, 4.69) is 30.7 Å². The van der Waals surface area contributed by atoms with Gasteiger partial charge in [-0.25, -0.2) is 13.9 Å². The molecule has 7 atom stereocenters. The summed E-state index contributed by atoms with van der Waals surface area (Å²) in [6, 6.07) is 6.33. The number of carbonyl (C=O) groups is 2. The molecule has 1 N–H and O–H groups in total. The summed E-state index contributed by atoms with van der Waals surface area (Å²) in [4.78, 5) is 25.7. The highest BCUT2D eigenvalue weighted by Gasteiger charge is 2.70. The van der Waals surface area contributed by atoms with Crippen molar-refractivity contribution in [2.24, 2.45) is 28.6 Å². The number of thiol groups is 1. The van der Waals surface area contributed by atoms with Gasteiger partial charge in [0.25, 0.3) is 0 Å². The third-order valence-electron chi connectivity index (χ3n) is 10.6. The summed E-state index contributed by atoms with van der Waals surface area (Å²) in [5.41, 5.74) is 1.73. The number of rotatable bonds is 4. The van der Waals surface area contributed by atoms with Crippen molar-refractivity contribution in [1.29, 1.82) is 0 Å². The highest BCUT2D eigenvalue weighted by molar-refractivity contribution is 7.96. The fourth-order valence-electron chi connectivity index (χ4n) is 8.88. The Balaban J connectivity index is 1.33. The van der Waals surface area contributed by atoms with Crippen molar-refractivity contribution in [3.8, 4) is 5.69 Å². The van der Waals surface area contributed by atoms with Crippen LogP contribution in [0.4, 0.5) is 9.18 Å². The summed E-state index contributed by atoms with van der Waals surface area (Å²) >= 11 is 4.23. The van der Waals surface area contributed by atoms with Crippen LogP contribution in [0.2, 0.25) is 0 Å². The number of aromatic nitrogens is 2. The van der Waals surface area contributed by atoms with Crippen LogP contribution in [0, 0.1) is 34.4 Å². The molecule has 9 heteroatoms. The first-order chi connectivity index (χ1) is 18.9. The molecule has 0 saturated heterocycles. The molecule has 0 radical (unpaired) electrons. The van der Waals surface area contributed by atoms with E-state index in [0.29, 0.717) is 19.3 Å². The van der Waals surface area contributed by atoms with Gasteiger partial charge < -0.3 is 14.6 Å². The van der Waals surface area contributed by atoms with Gasteiger partial charge in [0.05, 0.1) is 29.8 Å².